The molecule has 0 aliphatic carbocycles. The minimum absolute atomic E-state index is 0.0850. The standard InChI is InChI=1S/C14H17N3O2/c1-3-7-13(19-2)14(18)12-10-15-16-17(12)11-8-5-4-6-9-11/h4-6,8-10,13H,3,7H2,1-2H3. The fourth-order valence-electron chi connectivity index (χ4n) is 1.95. The molecule has 1 aromatic carbocycles. The molecule has 19 heavy (non-hydrogen) atoms. The summed E-state index contributed by atoms with van der Waals surface area (Å²) >= 11 is 0. The fourth-order valence-corrected chi connectivity index (χ4v) is 1.95. The number of para-hydroxylation sites is 1. The van der Waals surface area contributed by atoms with Gasteiger partial charge in [-0.15, -0.1) is 5.10 Å². The second kappa shape index (κ2) is 6.24. The third kappa shape index (κ3) is 2.88. The van der Waals surface area contributed by atoms with Crippen molar-refractivity contribution in [3.8, 4) is 5.69 Å². The Morgan fingerprint density at radius 1 is 1.37 bits per heavy atom. The van der Waals surface area contributed by atoms with Gasteiger partial charge in [-0.3, -0.25) is 4.79 Å². The summed E-state index contributed by atoms with van der Waals surface area (Å²) in [6.07, 6.45) is 2.62. The van der Waals surface area contributed by atoms with Crippen LogP contribution in [0.1, 0.15) is 30.3 Å². The molecule has 100 valence electrons. The van der Waals surface area contributed by atoms with E-state index in [4.69, 9.17) is 4.74 Å². The van der Waals surface area contributed by atoms with E-state index in [0.29, 0.717) is 12.1 Å². The Labute approximate surface area is 112 Å². The Morgan fingerprint density at radius 2 is 2.11 bits per heavy atom. The van der Waals surface area contributed by atoms with Crippen LogP contribution in [-0.4, -0.2) is 34.0 Å². The highest BCUT2D eigenvalue weighted by atomic mass is 16.5. The van der Waals surface area contributed by atoms with Gasteiger partial charge in [0.2, 0.25) is 5.78 Å². The molecule has 1 atom stereocenters. The molecule has 5 heteroatoms. The molecular weight excluding hydrogens is 242 g/mol. The molecule has 0 aliphatic heterocycles. The van der Waals surface area contributed by atoms with Crippen LogP contribution in [0.2, 0.25) is 0 Å². The molecule has 5 nitrogen and oxygen atoms in total. The van der Waals surface area contributed by atoms with Crippen molar-refractivity contribution in [3.05, 3.63) is 42.2 Å². The number of ketones is 1. The molecule has 0 spiro atoms. The summed E-state index contributed by atoms with van der Waals surface area (Å²) in [7, 11) is 1.55. The summed E-state index contributed by atoms with van der Waals surface area (Å²) in [5, 5.41) is 7.81. The van der Waals surface area contributed by atoms with Gasteiger partial charge in [-0.05, 0) is 18.6 Å². The minimum Gasteiger partial charge on any atom is -0.373 e. The zero-order valence-corrected chi connectivity index (χ0v) is 11.1. The molecular formula is C14H17N3O2. The Hall–Kier alpha value is -2.01. The van der Waals surface area contributed by atoms with E-state index in [1.807, 2.05) is 37.3 Å². The van der Waals surface area contributed by atoms with Crippen LogP contribution in [0.25, 0.3) is 5.69 Å². The number of nitrogens with zero attached hydrogens (tertiary/aromatic N) is 3. The molecule has 0 bridgehead atoms. The lowest BCUT2D eigenvalue weighted by Gasteiger charge is -2.13. The number of carbonyl (C=O) groups is 1. The number of ether oxygens (including phenoxy) is 1. The highest BCUT2D eigenvalue weighted by molar-refractivity contribution is 5.98. The predicted octanol–water partition coefficient (Wildman–Crippen LogP) is 2.27. The van der Waals surface area contributed by atoms with Gasteiger partial charge < -0.3 is 4.74 Å². The summed E-state index contributed by atoms with van der Waals surface area (Å²) in [6.45, 7) is 2.02. The van der Waals surface area contributed by atoms with Gasteiger partial charge in [-0.2, -0.15) is 0 Å². The number of rotatable bonds is 6. The van der Waals surface area contributed by atoms with Gasteiger partial charge in [-0.1, -0.05) is 36.8 Å². The molecule has 1 unspecified atom stereocenters. The predicted molar refractivity (Wildman–Crippen MR) is 71.4 cm³/mol. The Morgan fingerprint density at radius 3 is 2.74 bits per heavy atom. The average molecular weight is 259 g/mol. The molecule has 0 aliphatic rings. The molecule has 0 N–H and O–H groups in total. The van der Waals surface area contributed by atoms with Gasteiger partial charge in [0.25, 0.3) is 0 Å². The molecule has 0 saturated heterocycles. The van der Waals surface area contributed by atoms with Crippen LogP contribution in [0, 0.1) is 0 Å². The number of methoxy groups -OCH3 is 1. The second-order valence-corrected chi connectivity index (χ2v) is 4.24. The van der Waals surface area contributed by atoms with E-state index >= 15 is 0 Å². The maximum atomic E-state index is 12.4. The largest absolute Gasteiger partial charge is 0.373 e. The molecule has 2 rings (SSSR count). The zero-order chi connectivity index (χ0) is 13.7. The normalized spacial score (nSPS) is 12.3. The maximum absolute atomic E-state index is 12.4. The first-order valence-electron chi connectivity index (χ1n) is 6.31. The highest BCUT2D eigenvalue weighted by Crippen LogP contribution is 2.14. The smallest absolute Gasteiger partial charge is 0.211 e. The average Bonchev–Trinajstić information content (AvgIpc) is 2.94. The number of benzene rings is 1. The zero-order valence-electron chi connectivity index (χ0n) is 11.1. The van der Waals surface area contributed by atoms with E-state index in [2.05, 4.69) is 10.3 Å². The second-order valence-electron chi connectivity index (χ2n) is 4.24. The molecule has 0 amide bonds. The maximum Gasteiger partial charge on any atom is 0.211 e. The van der Waals surface area contributed by atoms with Crippen LogP contribution in [0.5, 0.6) is 0 Å². The number of hydrogen-bond acceptors (Lipinski definition) is 4. The lowest BCUT2D eigenvalue weighted by Crippen LogP contribution is -2.25. The van der Waals surface area contributed by atoms with Gasteiger partial charge in [-0.25, -0.2) is 4.68 Å². The van der Waals surface area contributed by atoms with Crippen LogP contribution in [-0.2, 0) is 4.74 Å². The van der Waals surface area contributed by atoms with E-state index in [0.717, 1.165) is 12.1 Å². The van der Waals surface area contributed by atoms with Gasteiger partial charge in [0.1, 0.15) is 11.8 Å². The number of aromatic nitrogens is 3. The van der Waals surface area contributed by atoms with Crippen molar-refractivity contribution in [2.45, 2.75) is 25.9 Å². The first-order chi connectivity index (χ1) is 9.27. The molecule has 1 heterocycles. The fraction of sp³-hybridized carbons (Fsp3) is 0.357. The highest BCUT2D eigenvalue weighted by Gasteiger charge is 2.23. The van der Waals surface area contributed by atoms with Crippen molar-refractivity contribution in [1.29, 1.82) is 0 Å². The molecule has 0 saturated carbocycles. The van der Waals surface area contributed by atoms with Gasteiger partial charge in [0.05, 0.1) is 11.9 Å². The summed E-state index contributed by atoms with van der Waals surface area (Å²) in [5.74, 6) is -0.0850. The van der Waals surface area contributed by atoms with Crippen molar-refractivity contribution < 1.29 is 9.53 Å². The first kappa shape index (κ1) is 13.4. The molecule has 0 fully saturated rings. The first-order valence-corrected chi connectivity index (χ1v) is 6.31. The van der Waals surface area contributed by atoms with E-state index in [-0.39, 0.29) is 5.78 Å². The van der Waals surface area contributed by atoms with Gasteiger partial charge in [0, 0.05) is 7.11 Å². The van der Waals surface area contributed by atoms with E-state index in [9.17, 15) is 4.79 Å². The van der Waals surface area contributed by atoms with Crippen molar-refractivity contribution in [1.82, 2.24) is 15.0 Å². The van der Waals surface area contributed by atoms with Crippen LogP contribution in [0.4, 0.5) is 0 Å². The topological polar surface area (TPSA) is 57.0 Å². The number of Topliss-reactive ketones (excluding diaryl/α,β-unsaturated/α-hetero) is 1. The third-order valence-electron chi connectivity index (χ3n) is 2.93. The van der Waals surface area contributed by atoms with Crippen molar-refractivity contribution in [3.63, 3.8) is 0 Å². The summed E-state index contributed by atoms with van der Waals surface area (Å²) in [5.41, 5.74) is 1.27. The minimum atomic E-state index is -0.439. The van der Waals surface area contributed by atoms with Crippen LogP contribution in [0.15, 0.2) is 36.5 Å². The van der Waals surface area contributed by atoms with E-state index in [1.165, 1.54) is 6.20 Å². The Balaban J connectivity index is 2.32. The third-order valence-corrected chi connectivity index (χ3v) is 2.93. The number of hydrogen-bond donors (Lipinski definition) is 0. The van der Waals surface area contributed by atoms with E-state index < -0.39 is 6.10 Å². The molecule has 0 radical (unpaired) electrons. The van der Waals surface area contributed by atoms with Crippen LogP contribution < -0.4 is 0 Å². The monoisotopic (exact) mass is 259 g/mol. The van der Waals surface area contributed by atoms with Crippen molar-refractivity contribution >= 4 is 5.78 Å². The van der Waals surface area contributed by atoms with Crippen molar-refractivity contribution in [2.24, 2.45) is 0 Å². The lowest BCUT2D eigenvalue weighted by atomic mass is 10.1. The van der Waals surface area contributed by atoms with Crippen LogP contribution in [0.3, 0.4) is 0 Å². The SMILES string of the molecule is CCCC(OC)C(=O)c1cnnn1-c1ccccc1. The van der Waals surface area contributed by atoms with E-state index in [1.54, 1.807) is 11.8 Å². The molecule has 1 aromatic heterocycles. The summed E-state index contributed by atoms with van der Waals surface area (Å²) in [6, 6.07) is 9.47. The van der Waals surface area contributed by atoms with Crippen LogP contribution >= 0.6 is 0 Å². The van der Waals surface area contributed by atoms with Crippen molar-refractivity contribution in [2.75, 3.05) is 7.11 Å². The quantitative estimate of drug-likeness (QED) is 0.747. The Bertz CT molecular complexity index is 537. The summed E-state index contributed by atoms with van der Waals surface area (Å²) in [4.78, 5) is 12.4. The van der Waals surface area contributed by atoms with Gasteiger partial charge in [0.15, 0.2) is 0 Å². The number of carbonyl (C=O) groups excluding carboxylic acids is 1. The van der Waals surface area contributed by atoms with Gasteiger partial charge >= 0.3 is 0 Å². The molecule has 2 aromatic rings. The Kier molecular flexibility index (Phi) is 4.41. The summed E-state index contributed by atoms with van der Waals surface area (Å²) < 4.78 is 6.79. The lowest BCUT2D eigenvalue weighted by molar-refractivity contribution is 0.0571.